The van der Waals surface area contributed by atoms with Gasteiger partial charge in [-0.2, -0.15) is 0 Å². The Balaban J connectivity index is 0. The maximum Gasteiger partial charge on any atom is 0.116 e. The molecule has 3 nitrogen and oxygen atoms in total. The Labute approximate surface area is 62.3 Å². The third-order valence-corrected chi connectivity index (χ3v) is 0.636. The Morgan fingerprint density at radius 2 is 1.90 bits per heavy atom. The number of aldehydes is 1. The Hall–Kier alpha value is -0.410. The number of carbonyl (C=O) groups excluding carboxylic acids is 1. The smallest absolute Gasteiger partial charge is 0.116 e. The van der Waals surface area contributed by atoms with Crippen LogP contribution >= 0.6 is 0 Å². The van der Waals surface area contributed by atoms with Crippen LogP contribution in [0.4, 0.5) is 0 Å². The number of methoxy groups -OCH3 is 1. The molecule has 10 heavy (non-hydrogen) atoms. The first-order valence-electron chi connectivity index (χ1n) is 3.29. The molecule has 62 valence electrons. The first-order chi connectivity index (χ1) is 4.83. The van der Waals surface area contributed by atoms with Crippen LogP contribution in [0.15, 0.2) is 0 Å². The van der Waals surface area contributed by atoms with Crippen LogP contribution < -0.4 is 0 Å². The topological polar surface area (TPSA) is 35.5 Å². The second-order valence-electron chi connectivity index (χ2n) is 1.43. The number of hydrogen-bond donors (Lipinski definition) is 0. The predicted molar refractivity (Wildman–Crippen MR) is 40.1 cm³/mol. The van der Waals surface area contributed by atoms with E-state index < -0.39 is 0 Å². The zero-order valence-electron chi connectivity index (χ0n) is 6.92. The van der Waals surface area contributed by atoms with Crippen molar-refractivity contribution in [1.82, 2.24) is 0 Å². The lowest BCUT2D eigenvalue weighted by molar-refractivity contribution is -0.106. The van der Waals surface area contributed by atoms with E-state index in [0.717, 1.165) is 12.9 Å². The highest BCUT2D eigenvalue weighted by atomic mass is 16.5. The molecule has 0 radical (unpaired) electrons. The lowest BCUT2D eigenvalue weighted by atomic mass is 10.7. The minimum atomic E-state index is 0.702. The van der Waals surface area contributed by atoms with Gasteiger partial charge in [-0.1, -0.05) is 0 Å². The van der Waals surface area contributed by atoms with Gasteiger partial charge >= 0.3 is 0 Å². The molecule has 0 saturated carbocycles. The van der Waals surface area contributed by atoms with Gasteiger partial charge in [0, 0.05) is 13.7 Å². The van der Waals surface area contributed by atoms with Crippen LogP contribution in [0.5, 0.6) is 0 Å². The van der Waals surface area contributed by atoms with Crippen molar-refractivity contribution in [3.8, 4) is 0 Å². The third kappa shape index (κ3) is 25.6. The monoisotopic (exact) mass is 148 g/mol. The van der Waals surface area contributed by atoms with Crippen LogP contribution in [-0.2, 0) is 14.3 Å². The molecule has 0 aromatic carbocycles. The fourth-order valence-electron chi connectivity index (χ4n) is 0.287. The molecular weight excluding hydrogens is 132 g/mol. The molecule has 0 aromatic rings. The molecule has 0 atom stereocenters. The van der Waals surface area contributed by atoms with Crippen LogP contribution in [0.2, 0.25) is 0 Å². The van der Waals surface area contributed by atoms with Crippen molar-refractivity contribution in [2.75, 3.05) is 26.9 Å². The highest BCUT2D eigenvalue weighted by Gasteiger charge is 1.78. The third-order valence-electron chi connectivity index (χ3n) is 0.636. The average Bonchev–Trinajstić information content (AvgIpc) is 1.91. The minimum absolute atomic E-state index is 0.702. The molecule has 0 fully saturated rings. The molecule has 0 spiro atoms. The molecule has 0 bridgehead atoms. The summed E-state index contributed by atoms with van der Waals surface area (Å²) in [6.45, 7) is 5.61. The standard InChI is InChI=1S/C5H12O2.C2H4O/c1-3-7-5-4-6-2;1-2-3/h3-5H2,1-2H3;2H,1H3. The maximum atomic E-state index is 8.81. The number of rotatable bonds is 4. The predicted octanol–water partition coefficient (Wildman–Crippen LogP) is 0.875. The van der Waals surface area contributed by atoms with E-state index in [1.807, 2.05) is 6.92 Å². The summed E-state index contributed by atoms with van der Waals surface area (Å²) in [7, 11) is 1.67. The lowest BCUT2D eigenvalue weighted by Gasteiger charge is -1.96. The molecule has 0 aromatic heterocycles. The molecule has 0 aliphatic carbocycles. The van der Waals surface area contributed by atoms with Gasteiger partial charge in [0.1, 0.15) is 6.29 Å². The van der Waals surface area contributed by atoms with Gasteiger partial charge in [-0.3, -0.25) is 0 Å². The Kier molecular flexibility index (Phi) is 19.5. The summed E-state index contributed by atoms with van der Waals surface area (Å²) >= 11 is 0. The summed E-state index contributed by atoms with van der Waals surface area (Å²) in [5.74, 6) is 0. The first kappa shape index (κ1) is 12.3. The van der Waals surface area contributed by atoms with Crippen LogP contribution in [0.1, 0.15) is 13.8 Å². The van der Waals surface area contributed by atoms with Crippen LogP contribution in [0.3, 0.4) is 0 Å². The number of carbonyl (C=O) groups is 1. The molecule has 0 rings (SSSR count). The largest absolute Gasteiger partial charge is 0.382 e. The highest BCUT2D eigenvalue weighted by Crippen LogP contribution is 1.71. The Morgan fingerprint density at radius 1 is 1.40 bits per heavy atom. The average molecular weight is 148 g/mol. The minimum Gasteiger partial charge on any atom is -0.382 e. The molecule has 0 amide bonds. The molecule has 0 aliphatic heterocycles. The van der Waals surface area contributed by atoms with Crippen LogP contribution in [0.25, 0.3) is 0 Å². The van der Waals surface area contributed by atoms with Crippen LogP contribution in [0, 0.1) is 0 Å². The molecule has 0 saturated heterocycles. The normalized spacial score (nSPS) is 7.90. The van der Waals surface area contributed by atoms with E-state index in [0.29, 0.717) is 13.2 Å². The van der Waals surface area contributed by atoms with E-state index in [9.17, 15) is 0 Å². The van der Waals surface area contributed by atoms with E-state index in [4.69, 9.17) is 14.3 Å². The molecule has 0 heterocycles. The molecule has 0 N–H and O–H groups in total. The summed E-state index contributed by atoms with van der Waals surface area (Å²) in [5, 5.41) is 0. The highest BCUT2D eigenvalue weighted by molar-refractivity contribution is 5.44. The molecule has 0 unspecified atom stereocenters. The summed E-state index contributed by atoms with van der Waals surface area (Å²) in [6, 6.07) is 0. The molecule has 0 aliphatic rings. The second-order valence-corrected chi connectivity index (χ2v) is 1.43. The van der Waals surface area contributed by atoms with Gasteiger partial charge in [0.15, 0.2) is 0 Å². The van der Waals surface area contributed by atoms with Gasteiger partial charge in [0.25, 0.3) is 0 Å². The fraction of sp³-hybridized carbons (Fsp3) is 0.857. The van der Waals surface area contributed by atoms with Crippen LogP contribution in [-0.4, -0.2) is 33.2 Å². The SMILES string of the molecule is CC=O.CCOCCOC. The first-order valence-corrected chi connectivity index (χ1v) is 3.29. The van der Waals surface area contributed by atoms with Crippen molar-refractivity contribution in [3.63, 3.8) is 0 Å². The van der Waals surface area contributed by atoms with Gasteiger partial charge in [-0.05, 0) is 13.8 Å². The summed E-state index contributed by atoms with van der Waals surface area (Å²) in [6.07, 6.45) is 0.750. The zero-order chi connectivity index (χ0) is 8.24. The maximum absolute atomic E-state index is 8.81. The lowest BCUT2D eigenvalue weighted by Crippen LogP contribution is -2.00. The van der Waals surface area contributed by atoms with Gasteiger partial charge < -0.3 is 14.3 Å². The quantitative estimate of drug-likeness (QED) is 0.438. The van der Waals surface area contributed by atoms with Crippen molar-refractivity contribution in [2.45, 2.75) is 13.8 Å². The van der Waals surface area contributed by atoms with Crippen molar-refractivity contribution in [1.29, 1.82) is 0 Å². The summed E-state index contributed by atoms with van der Waals surface area (Å²) in [5.41, 5.74) is 0. The fourth-order valence-corrected chi connectivity index (χ4v) is 0.287. The van der Waals surface area contributed by atoms with E-state index in [-0.39, 0.29) is 0 Å². The van der Waals surface area contributed by atoms with E-state index in [1.54, 1.807) is 7.11 Å². The Bertz CT molecular complexity index is 50.8. The van der Waals surface area contributed by atoms with Crippen molar-refractivity contribution >= 4 is 6.29 Å². The summed E-state index contributed by atoms with van der Waals surface area (Å²) in [4.78, 5) is 8.81. The number of ether oxygens (including phenoxy) is 2. The second kappa shape index (κ2) is 15.8. The molecule has 3 heteroatoms. The van der Waals surface area contributed by atoms with Crippen molar-refractivity contribution in [2.24, 2.45) is 0 Å². The van der Waals surface area contributed by atoms with Gasteiger partial charge in [0.2, 0.25) is 0 Å². The zero-order valence-corrected chi connectivity index (χ0v) is 6.92. The van der Waals surface area contributed by atoms with E-state index >= 15 is 0 Å². The van der Waals surface area contributed by atoms with Gasteiger partial charge in [-0.25, -0.2) is 0 Å². The van der Waals surface area contributed by atoms with Gasteiger partial charge in [0.05, 0.1) is 13.2 Å². The van der Waals surface area contributed by atoms with Crippen molar-refractivity contribution in [3.05, 3.63) is 0 Å². The Morgan fingerprint density at radius 3 is 2.20 bits per heavy atom. The summed E-state index contributed by atoms with van der Waals surface area (Å²) < 4.78 is 9.67. The number of hydrogen-bond acceptors (Lipinski definition) is 3. The molecular formula is C7H16O3. The van der Waals surface area contributed by atoms with Crippen molar-refractivity contribution < 1.29 is 14.3 Å². The van der Waals surface area contributed by atoms with E-state index in [2.05, 4.69) is 0 Å². The van der Waals surface area contributed by atoms with E-state index in [1.165, 1.54) is 6.92 Å². The van der Waals surface area contributed by atoms with Gasteiger partial charge in [-0.15, -0.1) is 0 Å².